The maximum absolute atomic E-state index is 12.0. The topological polar surface area (TPSA) is 66.5 Å². The Bertz CT molecular complexity index is 537. The molecule has 3 amide bonds. The average molecular weight is 296 g/mol. The normalized spacial score (nSPS) is 17.3. The van der Waals surface area contributed by atoms with E-state index >= 15 is 0 Å². The zero-order valence-corrected chi connectivity index (χ0v) is 11.8. The van der Waals surface area contributed by atoms with Crippen LogP contribution in [0.2, 0.25) is 0 Å². The third kappa shape index (κ3) is 3.24. The standard InChI is InChI=1S/C12H12N2O3S2/c1-2-13-10(15)7-14-11(16)9(19-12(14)17)6-8-4-3-5-18-8/h3-6H,2,7H2,1H3,(H,13,15)/b9-6-. The summed E-state index contributed by atoms with van der Waals surface area (Å²) in [6.07, 6.45) is 1.67. The van der Waals surface area contributed by atoms with Gasteiger partial charge in [0.05, 0.1) is 4.91 Å². The highest BCUT2D eigenvalue weighted by atomic mass is 32.2. The van der Waals surface area contributed by atoms with Crippen LogP contribution < -0.4 is 5.32 Å². The molecule has 7 heteroatoms. The molecule has 1 aromatic rings. The van der Waals surface area contributed by atoms with Crippen LogP contribution in [0.1, 0.15) is 11.8 Å². The number of thioether (sulfide) groups is 1. The molecule has 0 spiro atoms. The lowest BCUT2D eigenvalue weighted by molar-refractivity contribution is -0.129. The number of carbonyl (C=O) groups is 3. The largest absolute Gasteiger partial charge is 0.355 e. The molecule has 100 valence electrons. The van der Waals surface area contributed by atoms with Gasteiger partial charge in [0.15, 0.2) is 0 Å². The molecule has 0 saturated carbocycles. The molecule has 19 heavy (non-hydrogen) atoms. The molecule has 1 saturated heterocycles. The van der Waals surface area contributed by atoms with E-state index in [0.717, 1.165) is 21.5 Å². The Morgan fingerprint density at radius 2 is 2.26 bits per heavy atom. The second kappa shape index (κ2) is 6.03. The van der Waals surface area contributed by atoms with Gasteiger partial charge in [-0.1, -0.05) is 6.07 Å². The smallest absolute Gasteiger partial charge is 0.294 e. The SMILES string of the molecule is CCNC(=O)CN1C(=O)S/C(=C\c2cccs2)C1=O. The van der Waals surface area contributed by atoms with E-state index in [9.17, 15) is 14.4 Å². The number of rotatable bonds is 4. The fraction of sp³-hybridized carbons (Fsp3) is 0.250. The van der Waals surface area contributed by atoms with E-state index in [1.54, 1.807) is 13.0 Å². The van der Waals surface area contributed by atoms with Crippen LogP contribution in [0.4, 0.5) is 4.79 Å². The van der Waals surface area contributed by atoms with Crippen molar-refractivity contribution in [1.82, 2.24) is 10.2 Å². The highest BCUT2D eigenvalue weighted by Gasteiger charge is 2.36. The van der Waals surface area contributed by atoms with Crippen molar-refractivity contribution in [3.05, 3.63) is 27.3 Å². The van der Waals surface area contributed by atoms with E-state index in [1.165, 1.54) is 11.3 Å². The van der Waals surface area contributed by atoms with Crippen LogP contribution in [-0.4, -0.2) is 35.0 Å². The summed E-state index contributed by atoms with van der Waals surface area (Å²) in [5.41, 5.74) is 0. The average Bonchev–Trinajstić information content (AvgIpc) is 2.95. The number of nitrogens with zero attached hydrogens (tertiary/aromatic N) is 1. The van der Waals surface area contributed by atoms with Crippen LogP contribution in [-0.2, 0) is 9.59 Å². The van der Waals surface area contributed by atoms with Gasteiger partial charge in [0.1, 0.15) is 6.54 Å². The van der Waals surface area contributed by atoms with Crippen molar-refractivity contribution in [2.45, 2.75) is 6.92 Å². The first-order chi connectivity index (χ1) is 9.11. The second-order valence-electron chi connectivity index (χ2n) is 3.74. The van der Waals surface area contributed by atoms with Crippen molar-refractivity contribution in [2.75, 3.05) is 13.1 Å². The van der Waals surface area contributed by atoms with Gasteiger partial charge < -0.3 is 5.32 Å². The third-order valence-electron chi connectivity index (χ3n) is 2.37. The Kier molecular flexibility index (Phi) is 4.39. The summed E-state index contributed by atoms with van der Waals surface area (Å²) in [6.45, 7) is 2.03. The van der Waals surface area contributed by atoms with Gasteiger partial charge in [0.2, 0.25) is 5.91 Å². The van der Waals surface area contributed by atoms with Crippen molar-refractivity contribution in [3.8, 4) is 0 Å². The fourth-order valence-corrected chi connectivity index (χ4v) is 3.10. The van der Waals surface area contributed by atoms with E-state index in [-0.39, 0.29) is 12.5 Å². The number of carbonyl (C=O) groups excluding carboxylic acids is 3. The Morgan fingerprint density at radius 1 is 1.47 bits per heavy atom. The van der Waals surface area contributed by atoms with Crippen molar-refractivity contribution >= 4 is 46.2 Å². The number of hydrogen-bond acceptors (Lipinski definition) is 5. The number of nitrogens with one attached hydrogen (secondary N) is 1. The van der Waals surface area contributed by atoms with E-state index in [2.05, 4.69) is 5.32 Å². The van der Waals surface area contributed by atoms with Gasteiger partial charge in [0.25, 0.3) is 11.1 Å². The first-order valence-electron chi connectivity index (χ1n) is 5.67. The zero-order chi connectivity index (χ0) is 13.8. The summed E-state index contributed by atoms with van der Waals surface area (Å²) >= 11 is 2.35. The van der Waals surface area contributed by atoms with Crippen LogP contribution in [0.25, 0.3) is 6.08 Å². The Balaban J connectivity index is 2.10. The molecule has 0 atom stereocenters. The highest BCUT2D eigenvalue weighted by Crippen LogP contribution is 2.32. The Morgan fingerprint density at radius 3 is 2.89 bits per heavy atom. The van der Waals surface area contributed by atoms with E-state index < -0.39 is 11.1 Å². The lowest BCUT2D eigenvalue weighted by Gasteiger charge is -2.11. The lowest BCUT2D eigenvalue weighted by Crippen LogP contribution is -2.39. The number of likely N-dealkylation sites (N-methyl/N-ethyl adjacent to an activating group) is 1. The zero-order valence-electron chi connectivity index (χ0n) is 10.2. The monoisotopic (exact) mass is 296 g/mol. The van der Waals surface area contributed by atoms with Crippen LogP contribution in [0, 0.1) is 0 Å². The summed E-state index contributed by atoms with van der Waals surface area (Å²) in [6, 6.07) is 3.73. The molecule has 1 aliphatic heterocycles. The van der Waals surface area contributed by atoms with Crippen molar-refractivity contribution < 1.29 is 14.4 Å². The summed E-state index contributed by atoms with van der Waals surface area (Å²) < 4.78 is 0. The van der Waals surface area contributed by atoms with Gasteiger partial charge in [-0.25, -0.2) is 0 Å². The Hall–Kier alpha value is -1.60. The molecule has 5 nitrogen and oxygen atoms in total. The number of imide groups is 1. The van der Waals surface area contributed by atoms with Crippen LogP contribution >= 0.6 is 23.1 Å². The maximum Gasteiger partial charge on any atom is 0.294 e. The molecule has 1 aliphatic rings. The minimum Gasteiger partial charge on any atom is -0.355 e. The van der Waals surface area contributed by atoms with E-state index in [1.807, 2.05) is 17.5 Å². The summed E-state index contributed by atoms with van der Waals surface area (Å²) in [5, 5.41) is 4.05. The molecule has 0 unspecified atom stereocenters. The van der Waals surface area contributed by atoms with Gasteiger partial charge in [-0.15, -0.1) is 11.3 Å². The fourth-order valence-electron chi connectivity index (χ4n) is 1.54. The molecule has 0 bridgehead atoms. The molecule has 2 rings (SSSR count). The molecule has 1 aromatic heterocycles. The minimum absolute atomic E-state index is 0.222. The first kappa shape index (κ1) is 13.8. The molecule has 1 fully saturated rings. The maximum atomic E-state index is 12.0. The molecule has 1 N–H and O–H groups in total. The Labute approximate surface area is 118 Å². The number of thiophene rings is 1. The molecule has 0 radical (unpaired) electrons. The van der Waals surface area contributed by atoms with Crippen molar-refractivity contribution in [2.24, 2.45) is 0 Å². The van der Waals surface area contributed by atoms with E-state index in [4.69, 9.17) is 0 Å². The predicted octanol–water partition coefficient (Wildman–Crippen LogP) is 1.92. The predicted molar refractivity (Wildman–Crippen MR) is 75.7 cm³/mol. The molecule has 0 aliphatic carbocycles. The summed E-state index contributed by atoms with van der Waals surface area (Å²) in [5.74, 6) is -0.739. The summed E-state index contributed by atoms with van der Waals surface area (Å²) in [7, 11) is 0. The summed E-state index contributed by atoms with van der Waals surface area (Å²) in [4.78, 5) is 37.4. The molecular weight excluding hydrogens is 284 g/mol. The van der Waals surface area contributed by atoms with Gasteiger partial charge >= 0.3 is 0 Å². The lowest BCUT2D eigenvalue weighted by atomic mass is 10.3. The van der Waals surface area contributed by atoms with Crippen molar-refractivity contribution in [1.29, 1.82) is 0 Å². The van der Waals surface area contributed by atoms with Gasteiger partial charge in [-0.05, 0) is 36.2 Å². The van der Waals surface area contributed by atoms with Gasteiger partial charge in [0, 0.05) is 11.4 Å². The number of amides is 3. The van der Waals surface area contributed by atoms with Crippen LogP contribution in [0.15, 0.2) is 22.4 Å². The van der Waals surface area contributed by atoms with Crippen LogP contribution in [0.5, 0.6) is 0 Å². The van der Waals surface area contributed by atoms with Gasteiger partial charge in [-0.3, -0.25) is 19.3 Å². The highest BCUT2D eigenvalue weighted by molar-refractivity contribution is 8.18. The minimum atomic E-state index is -0.408. The van der Waals surface area contributed by atoms with Gasteiger partial charge in [-0.2, -0.15) is 0 Å². The molecule has 0 aromatic carbocycles. The molecular formula is C12H12N2O3S2. The van der Waals surface area contributed by atoms with Crippen molar-refractivity contribution in [3.63, 3.8) is 0 Å². The van der Waals surface area contributed by atoms with E-state index in [0.29, 0.717) is 11.4 Å². The van der Waals surface area contributed by atoms with Crippen LogP contribution in [0.3, 0.4) is 0 Å². The molecule has 2 heterocycles. The number of hydrogen-bond donors (Lipinski definition) is 1. The second-order valence-corrected chi connectivity index (χ2v) is 5.71. The quantitative estimate of drug-likeness (QED) is 0.862. The first-order valence-corrected chi connectivity index (χ1v) is 7.37. The third-order valence-corrected chi connectivity index (χ3v) is 4.09.